The number of amides is 1. The number of alkyl halides is 2. The highest BCUT2D eigenvalue weighted by Gasteiger charge is 2.68. The van der Waals surface area contributed by atoms with Crippen molar-refractivity contribution in [2.75, 3.05) is 39.3 Å². The molecule has 4 aliphatic heterocycles. The van der Waals surface area contributed by atoms with Crippen LogP contribution in [0.4, 0.5) is 13.6 Å². The molecule has 5 fully saturated rings. The van der Waals surface area contributed by atoms with Crippen molar-refractivity contribution in [3.63, 3.8) is 0 Å². The number of halogens is 2. The van der Waals surface area contributed by atoms with Crippen LogP contribution in [0, 0.1) is 11.8 Å². The van der Waals surface area contributed by atoms with E-state index in [0.29, 0.717) is 32.1 Å². The Morgan fingerprint density at radius 2 is 1.88 bits per heavy atom. The first-order chi connectivity index (χ1) is 16.1. The fourth-order valence-corrected chi connectivity index (χ4v) is 6.27. The van der Waals surface area contributed by atoms with Crippen molar-refractivity contribution in [1.82, 2.24) is 9.80 Å². The fraction of sp³-hybridized carbons (Fsp3) is 0.885. The van der Waals surface area contributed by atoms with Gasteiger partial charge in [-0.1, -0.05) is 11.6 Å². The molecule has 3 unspecified atom stereocenters. The molecule has 0 aromatic carbocycles. The molecule has 4 heterocycles. The van der Waals surface area contributed by atoms with Crippen molar-refractivity contribution in [3.05, 3.63) is 11.6 Å². The summed E-state index contributed by atoms with van der Waals surface area (Å²) < 4.78 is 44.7. The number of hydrogen-bond donors (Lipinski definition) is 0. The second-order valence-electron chi connectivity index (χ2n) is 11.8. The standard InChI is InChI=1S/C26H40F2N2O4/c1-18(2)4-5-22-24(3,34-22)21-14-20(6-8-25(21)17-32-25)33-23(31)30-15-19(16-30)7-11-29-12-9-26(27,28)10-13-29/h4,19-22H,5-17H2,1-3H3/t20?,21?,22-,24-,25?/m1/s1. The number of piperidine rings is 1. The zero-order valence-corrected chi connectivity index (χ0v) is 20.9. The van der Waals surface area contributed by atoms with E-state index in [-0.39, 0.29) is 48.3 Å². The highest BCUT2D eigenvalue weighted by molar-refractivity contribution is 5.68. The van der Waals surface area contributed by atoms with Crippen molar-refractivity contribution in [1.29, 1.82) is 0 Å². The summed E-state index contributed by atoms with van der Waals surface area (Å²) in [5.41, 5.74) is 1.02. The number of hydrogen-bond acceptors (Lipinski definition) is 5. The highest BCUT2D eigenvalue weighted by Crippen LogP contribution is 2.59. The van der Waals surface area contributed by atoms with E-state index in [0.717, 1.165) is 45.3 Å². The number of allylic oxidation sites excluding steroid dienone is 1. The van der Waals surface area contributed by atoms with Crippen molar-refractivity contribution in [2.24, 2.45) is 11.8 Å². The maximum atomic E-state index is 13.3. The molecule has 6 nitrogen and oxygen atoms in total. The molecule has 1 aliphatic carbocycles. The van der Waals surface area contributed by atoms with E-state index in [9.17, 15) is 13.6 Å². The van der Waals surface area contributed by atoms with Crippen molar-refractivity contribution in [2.45, 2.75) is 95.0 Å². The lowest BCUT2D eigenvalue weighted by molar-refractivity contribution is -0.0574. The fourth-order valence-electron chi connectivity index (χ4n) is 6.27. The lowest BCUT2D eigenvalue weighted by atomic mass is 9.70. The number of carbonyl (C=O) groups excluding carboxylic acids is 1. The normalized spacial score (nSPS) is 39.4. The Balaban J connectivity index is 1.05. The highest BCUT2D eigenvalue weighted by atomic mass is 19.3. The third-order valence-corrected chi connectivity index (χ3v) is 8.87. The second kappa shape index (κ2) is 9.00. The molecule has 4 saturated heterocycles. The molecule has 5 aliphatic rings. The average molecular weight is 483 g/mol. The molecule has 0 bridgehead atoms. The molecule has 5 rings (SSSR count). The minimum absolute atomic E-state index is 0.0371. The van der Waals surface area contributed by atoms with E-state index in [1.54, 1.807) is 4.90 Å². The largest absolute Gasteiger partial charge is 0.446 e. The zero-order valence-electron chi connectivity index (χ0n) is 20.9. The zero-order chi connectivity index (χ0) is 24.1. The summed E-state index contributed by atoms with van der Waals surface area (Å²) in [6, 6.07) is 0. The first-order valence-electron chi connectivity index (χ1n) is 13.1. The summed E-state index contributed by atoms with van der Waals surface area (Å²) in [4.78, 5) is 16.7. The maximum absolute atomic E-state index is 13.3. The van der Waals surface area contributed by atoms with Gasteiger partial charge in [0.2, 0.25) is 0 Å². The van der Waals surface area contributed by atoms with E-state index in [4.69, 9.17) is 14.2 Å². The molecule has 192 valence electrons. The number of rotatable bonds is 7. The average Bonchev–Trinajstić information content (AvgIpc) is 3.65. The third kappa shape index (κ3) is 5.14. The lowest BCUT2D eigenvalue weighted by Gasteiger charge is -2.42. The van der Waals surface area contributed by atoms with Crippen LogP contribution in [0.3, 0.4) is 0 Å². The van der Waals surface area contributed by atoms with Gasteiger partial charge in [0.05, 0.1) is 23.9 Å². The SMILES string of the molecule is CC(C)=CC[C@H]1O[C@]1(C)C1CC(OC(=O)N2CC(CCN3CCC(F)(F)CC3)C2)CCC12CO2. The molecular formula is C26H40F2N2O4. The van der Waals surface area contributed by atoms with Gasteiger partial charge in [0.25, 0.3) is 5.92 Å². The molecule has 34 heavy (non-hydrogen) atoms. The Kier molecular flexibility index (Phi) is 6.47. The number of nitrogens with zero attached hydrogens (tertiary/aromatic N) is 2. The van der Waals surface area contributed by atoms with Gasteiger partial charge in [-0.3, -0.25) is 0 Å². The molecule has 1 spiro atoms. The van der Waals surface area contributed by atoms with E-state index >= 15 is 0 Å². The predicted octanol–water partition coefficient (Wildman–Crippen LogP) is 4.63. The quantitative estimate of drug-likeness (QED) is 0.391. The van der Waals surface area contributed by atoms with Gasteiger partial charge < -0.3 is 24.0 Å². The molecule has 0 N–H and O–H groups in total. The second-order valence-corrected chi connectivity index (χ2v) is 11.8. The summed E-state index contributed by atoms with van der Waals surface area (Å²) in [7, 11) is 0. The summed E-state index contributed by atoms with van der Waals surface area (Å²) in [5.74, 6) is -1.80. The Morgan fingerprint density at radius 3 is 2.53 bits per heavy atom. The Hall–Kier alpha value is -1.25. The molecule has 1 amide bonds. The van der Waals surface area contributed by atoms with Crippen molar-refractivity contribution >= 4 is 6.09 Å². The molecule has 0 radical (unpaired) electrons. The Bertz CT molecular complexity index is 797. The minimum atomic E-state index is -2.49. The van der Waals surface area contributed by atoms with E-state index < -0.39 is 5.92 Å². The van der Waals surface area contributed by atoms with Gasteiger partial charge in [-0.2, -0.15) is 0 Å². The van der Waals surface area contributed by atoms with Gasteiger partial charge in [0, 0.05) is 44.9 Å². The monoisotopic (exact) mass is 482 g/mol. The number of epoxide rings is 2. The Labute approximate surface area is 201 Å². The number of ether oxygens (including phenoxy) is 3. The van der Waals surface area contributed by atoms with Gasteiger partial charge in [-0.15, -0.1) is 0 Å². The molecular weight excluding hydrogens is 442 g/mol. The van der Waals surface area contributed by atoms with Crippen LogP contribution in [0.1, 0.15) is 65.7 Å². The van der Waals surface area contributed by atoms with Crippen LogP contribution in [-0.4, -0.2) is 84.6 Å². The summed E-state index contributed by atoms with van der Waals surface area (Å²) >= 11 is 0. The van der Waals surface area contributed by atoms with Crippen LogP contribution in [0.5, 0.6) is 0 Å². The van der Waals surface area contributed by atoms with E-state index in [2.05, 4.69) is 31.7 Å². The summed E-state index contributed by atoms with van der Waals surface area (Å²) in [5, 5.41) is 0. The van der Waals surface area contributed by atoms with E-state index in [1.165, 1.54) is 5.57 Å². The lowest BCUT2D eigenvalue weighted by Crippen LogP contribution is -2.53. The molecule has 0 aromatic heterocycles. The van der Waals surface area contributed by atoms with Crippen LogP contribution < -0.4 is 0 Å². The van der Waals surface area contributed by atoms with Crippen LogP contribution in [0.2, 0.25) is 0 Å². The van der Waals surface area contributed by atoms with Crippen LogP contribution in [0.15, 0.2) is 11.6 Å². The number of likely N-dealkylation sites (tertiary alicyclic amines) is 2. The van der Waals surface area contributed by atoms with E-state index in [1.807, 2.05) is 0 Å². The van der Waals surface area contributed by atoms with Crippen molar-refractivity contribution < 1.29 is 27.8 Å². The van der Waals surface area contributed by atoms with Gasteiger partial charge in [-0.05, 0) is 65.3 Å². The topological polar surface area (TPSA) is 57.8 Å². The molecule has 0 aromatic rings. The first kappa shape index (κ1) is 24.4. The molecule has 8 heteroatoms. The van der Waals surface area contributed by atoms with Crippen LogP contribution in [0.25, 0.3) is 0 Å². The van der Waals surface area contributed by atoms with Crippen LogP contribution >= 0.6 is 0 Å². The summed E-state index contributed by atoms with van der Waals surface area (Å²) in [6.07, 6.45) is 6.49. The van der Waals surface area contributed by atoms with Crippen molar-refractivity contribution in [3.8, 4) is 0 Å². The predicted molar refractivity (Wildman–Crippen MR) is 124 cm³/mol. The van der Waals surface area contributed by atoms with Gasteiger partial charge >= 0.3 is 6.09 Å². The number of carbonyl (C=O) groups is 1. The van der Waals surface area contributed by atoms with Gasteiger partial charge in [0.1, 0.15) is 6.10 Å². The van der Waals surface area contributed by atoms with Crippen LogP contribution in [-0.2, 0) is 14.2 Å². The summed E-state index contributed by atoms with van der Waals surface area (Å²) in [6.45, 7) is 10.4. The molecule has 5 atom stereocenters. The first-order valence-corrected chi connectivity index (χ1v) is 13.1. The van der Waals surface area contributed by atoms with Gasteiger partial charge in [0.15, 0.2) is 0 Å². The third-order valence-electron chi connectivity index (χ3n) is 8.87. The minimum Gasteiger partial charge on any atom is -0.446 e. The smallest absolute Gasteiger partial charge is 0.410 e. The maximum Gasteiger partial charge on any atom is 0.410 e. The van der Waals surface area contributed by atoms with Gasteiger partial charge in [-0.25, -0.2) is 13.6 Å². The molecule has 1 saturated carbocycles. The Morgan fingerprint density at radius 1 is 1.18 bits per heavy atom.